The van der Waals surface area contributed by atoms with Crippen LogP contribution < -0.4 is 0 Å². The molecule has 2 aromatic rings. The van der Waals surface area contributed by atoms with Gasteiger partial charge in [0.25, 0.3) is 0 Å². The van der Waals surface area contributed by atoms with Crippen molar-refractivity contribution < 1.29 is 4.79 Å². The van der Waals surface area contributed by atoms with Crippen molar-refractivity contribution in [1.29, 1.82) is 0 Å². The summed E-state index contributed by atoms with van der Waals surface area (Å²) in [6.07, 6.45) is 5.09. The van der Waals surface area contributed by atoms with Crippen LogP contribution in [0.4, 0.5) is 5.82 Å². The Balaban J connectivity index is 2.38. The Hall–Kier alpha value is -2.17. The molecule has 0 N–H and O–H groups in total. The predicted molar refractivity (Wildman–Crippen MR) is 54.4 cm³/mol. The normalized spacial score (nSPS) is 14.3. The molecule has 3 rings (SSSR count). The smallest absolute Gasteiger partial charge is 0.190 e. The first-order valence-corrected chi connectivity index (χ1v) is 4.52. The SMILES string of the molecule is O=C1CC=Nc2nc3ccncc3nc21. The Morgan fingerprint density at radius 2 is 2.13 bits per heavy atom. The number of pyridine rings is 1. The third-order valence-electron chi connectivity index (χ3n) is 2.20. The fourth-order valence-corrected chi connectivity index (χ4v) is 1.49. The Morgan fingerprint density at radius 3 is 3.07 bits per heavy atom. The average Bonchev–Trinajstić information content (AvgIpc) is 2.27. The van der Waals surface area contributed by atoms with Crippen molar-refractivity contribution in [2.24, 2.45) is 4.99 Å². The number of hydrogen-bond donors (Lipinski definition) is 0. The van der Waals surface area contributed by atoms with Crippen LogP contribution in [0.3, 0.4) is 0 Å². The fourth-order valence-electron chi connectivity index (χ4n) is 1.49. The minimum absolute atomic E-state index is 0.0433. The largest absolute Gasteiger partial charge is 0.292 e. The van der Waals surface area contributed by atoms with E-state index in [2.05, 4.69) is 19.9 Å². The number of nitrogens with zero attached hydrogens (tertiary/aromatic N) is 4. The fraction of sp³-hybridized carbons (Fsp3) is 0.100. The van der Waals surface area contributed by atoms with Gasteiger partial charge < -0.3 is 0 Å². The zero-order valence-electron chi connectivity index (χ0n) is 7.71. The summed E-state index contributed by atoms with van der Waals surface area (Å²) >= 11 is 0. The summed E-state index contributed by atoms with van der Waals surface area (Å²) < 4.78 is 0. The molecule has 3 heterocycles. The lowest BCUT2D eigenvalue weighted by Crippen LogP contribution is -2.08. The Bertz CT molecular complexity index is 591. The lowest BCUT2D eigenvalue weighted by molar-refractivity contribution is 0.0996. The van der Waals surface area contributed by atoms with E-state index in [0.29, 0.717) is 29.0 Å². The van der Waals surface area contributed by atoms with Gasteiger partial charge in [0, 0.05) is 18.8 Å². The quantitative estimate of drug-likeness (QED) is 0.640. The minimum atomic E-state index is -0.0433. The maximum atomic E-state index is 11.5. The Labute approximate surface area is 84.9 Å². The van der Waals surface area contributed by atoms with Crippen LogP contribution >= 0.6 is 0 Å². The van der Waals surface area contributed by atoms with Crippen molar-refractivity contribution in [3.8, 4) is 0 Å². The molecule has 5 nitrogen and oxygen atoms in total. The van der Waals surface area contributed by atoms with Gasteiger partial charge in [0.2, 0.25) is 0 Å². The summed E-state index contributed by atoms with van der Waals surface area (Å²) in [6, 6.07) is 1.75. The number of carbonyl (C=O) groups excluding carboxylic acids is 1. The number of fused-ring (bicyclic) bond motifs is 2. The van der Waals surface area contributed by atoms with Crippen LogP contribution in [-0.2, 0) is 0 Å². The monoisotopic (exact) mass is 198 g/mol. The van der Waals surface area contributed by atoms with Crippen LogP contribution in [0.5, 0.6) is 0 Å². The van der Waals surface area contributed by atoms with Gasteiger partial charge in [-0.15, -0.1) is 0 Å². The highest BCUT2D eigenvalue weighted by Crippen LogP contribution is 2.22. The standard InChI is InChI=1S/C10H6N4O/c15-8-2-4-12-10-9(8)13-7-5-11-3-1-6(7)14-10/h1,3-5H,2H2. The molecule has 0 spiro atoms. The van der Waals surface area contributed by atoms with E-state index < -0.39 is 0 Å². The van der Waals surface area contributed by atoms with E-state index in [0.717, 1.165) is 0 Å². The second-order valence-corrected chi connectivity index (χ2v) is 3.20. The molecule has 0 atom stereocenters. The number of aliphatic imine (C=N–C) groups is 1. The van der Waals surface area contributed by atoms with Crippen molar-refractivity contribution in [2.75, 3.05) is 0 Å². The molecule has 72 valence electrons. The highest BCUT2D eigenvalue weighted by molar-refractivity contribution is 6.08. The summed E-state index contributed by atoms with van der Waals surface area (Å²) in [6.45, 7) is 0. The molecule has 0 aliphatic carbocycles. The number of aromatic nitrogens is 3. The van der Waals surface area contributed by atoms with E-state index in [1.807, 2.05) is 0 Å². The molecule has 1 aliphatic heterocycles. The van der Waals surface area contributed by atoms with Gasteiger partial charge in [0.1, 0.15) is 5.52 Å². The highest BCUT2D eigenvalue weighted by Gasteiger charge is 2.18. The van der Waals surface area contributed by atoms with Crippen molar-refractivity contribution in [1.82, 2.24) is 15.0 Å². The van der Waals surface area contributed by atoms with Gasteiger partial charge in [-0.1, -0.05) is 0 Å². The van der Waals surface area contributed by atoms with E-state index >= 15 is 0 Å². The molecule has 0 amide bonds. The Kier molecular flexibility index (Phi) is 1.58. The summed E-state index contributed by atoms with van der Waals surface area (Å²) in [4.78, 5) is 28.0. The topological polar surface area (TPSA) is 68.1 Å². The maximum absolute atomic E-state index is 11.5. The van der Waals surface area contributed by atoms with Gasteiger partial charge in [0.05, 0.1) is 11.7 Å². The van der Waals surface area contributed by atoms with Gasteiger partial charge >= 0.3 is 0 Å². The molecule has 0 saturated heterocycles. The molecule has 2 aromatic heterocycles. The summed E-state index contributed by atoms with van der Waals surface area (Å²) in [5.74, 6) is 0.364. The summed E-state index contributed by atoms with van der Waals surface area (Å²) in [7, 11) is 0. The van der Waals surface area contributed by atoms with Crippen LogP contribution in [0.25, 0.3) is 11.0 Å². The predicted octanol–water partition coefficient (Wildman–Crippen LogP) is 1.31. The lowest BCUT2D eigenvalue weighted by atomic mass is 10.2. The van der Waals surface area contributed by atoms with Crippen molar-refractivity contribution in [3.05, 3.63) is 24.2 Å². The zero-order chi connectivity index (χ0) is 10.3. The number of hydrogen-bond acceptors (Lipinski definition) is 5. The third kappa shape index (κ3) is 1.20. The highest BCUT2D eigenvalue weighted by atomic mass is 16.1. The first-order valence-electron chi connectivity index (χ1n) is 4.52. The molecule has 0 saturated carbocycles. The van der Waals surface area contributed by atoms with Crippen molar-refractivity contribution in [2.45, 2.75) is 6.42 Å². The molecule has 1 aliphatic rings. The number of carbonyl (C=O) groups is 1. The zero-order valence-corrected chi connectivity index (χ0v) is 7.71. The van der Waals surface area contributed by atoms with E-state index in [1.54, 1.807) is 24.7 Å². The maximum Gasteiger partial charge on any atom is 0.190 e. The van der Waals surface area contributed by atoms with E-state index in [-0.39, 0.29) is 5.78 Å². The average molecular weight is 198 g/mol. The van der Waals surface area contributed by atoms with Gasteiger partial charge in [0.15, 0.2) is 17.3 Å². The van der Waals surface area contributed by atoms with Gasteiger partial charge in [-0.05, 0) is 6.07 Å². The molecular weight excluding hydrogens is 192 g/mol. The van der Waals surface area contributed by atoms with Crippen molar-refractivity contribution in [3.63, 3.8) is 0 Å². The van der Waals surface area contributed by atoms with Crippen LogP contribution in [-0.4, -0.2) is 26.9 Å². The molecule has 0 fully saturated rings. The first-order chi connectivity index (χ1) is 7.34. The minimum Gasteiger partial charge on any atom is -0.292 e. The van der Waals surface area contributed by atoms with Crippen LogP contribution in [0.1, 0.15) is 16.9 Å². The molecule has 0 bridgehead atoms. The van der Waals surface area contributed by atoms with E-state index in [1.165, 1.54) is 0 Å². The van der Waals surface area contributed by atoms with Crippen LogP contribution in [0, 0.1) is 0 Å². The van der Waals surface area contributed by atoms with Crippen LogP contribution in [0.15, 0.2) is 23.5 Å². The van der Waals surface area contributed by atoms with Gasteiger partial charge in [-0.3, -0.25) is 9.78 Å². The van der Waals surface area contributed by atoms with Crippen molar-refractivity contribution >= 4 is 28.8 Å². The Morgan fingerprint density at radius 1 is 1.20 bits per heavy atom. The van der Waals surface area contributed by atoms with E-state index in [4.69, 9.17) is 0 Å². The second-order valence-electron chi connectivity index (χ2n) is 3.20. The van der Waals surface area contributed by atoms with E-state index in [9.17, 15) is 4.79 Å². The lowest BCUT2D eigenvalue weighted by Gasteiger charge is -2.07. The first kappa shape index (κ1) is 8.16. The summed E-state index contributed by atoms with van der Waals surface area (Å²) in [5, 5.41) is 0. The molecule has 15 heavy (non-hydrogen) atoms. The summed E-state index contributed by atoms with van der Waals surface area (Å²) in [5.41, 5.74) is 1.68. The second kappa shape index (κ2) is 2.91. The molecule has 0 unspecified atom stereocenters. The van der Waals surface area contributed by atoms with Gasteiger partial charge in [-0.2, -0.15) is 0 Å². The van der Waals surface area contributed by atoms with Crippen LogP contribution in [0.2, 0.25) is 0 Å². The van der Waals surface area contributed by atoms with Gasteiger partial charge in [-0.25, -0.2) is 15.0 Å². The number of Topliss-reactive ketones (excluding diaryl/α,β-unsaturated/α-hetero) is 1. The number of ketones is 1. The number of rotatable bonds is 0. The molecule has 0 radical (unpaired) electrons. The molecular formula is C10H6N4O. The molecule has 5 heteroatoms. The third-order valence-corrected chi connectivity index (χ3v) is 2.20. The molecule has 0 aromatic carbocycles.